The van der Waals surface area contributed by atoms with Gasteiger partial charge in [-0.25, -0.2) is 9.97 Å². The first kappa shape index (κ1) is 16.8. The van der Waals surface area contributed by atoms with Gasteiger partial charge in [0.2, 0.25) is 0 Å². The number of hydrogen-bond donors (Lipinski definition) is 0. The monoisotopic (exact) mass is 349 g/mol. The second-order valence-electron chi connectivity index (χ2n) is 6.84. The van der Waals surface area contributed by atoms with Crippen molar-refractivity contribution >= 4 is 17.7 Å². The fraction of sp³-hybridized carbons (Fsp3) is 0.400. The van der Waals surface area contributed by atoms with E-state index in [1.54, 1.807) is 12.5 Å². The Hall–Kier alpha value is -2.60. The van der Waals surface area contributed by atoms with E-state index in [2.05, 4.69) is 30.8 Å². The fourth-order valence-electron chi connectivity index (χ4n) is 3.62. The van der Waals surface area contributed by atoms with Gasteiger partial charge in [0.15, 0.2) is 5.78 Å². The third kappa shape index (κ3) is 3.51. The van der Waals surface area contributed by atoms with Crippen LogP contribution in [0.1, 0.15) is 30.2 Å². The molecule has 134 valence electrons. The highest BCUT2D eigenvalue weighted by Gasteiger charge is 2.21. The molecule has 3 heterocycles. The molecule has 0 aromatic carbocycles. The van der Waals surface area contributed by atoms with Crippen molar-refractivity contribution in [3.05, 3.63) is 53.2 Å². The number of piperazine rings is 1. The number of fused-ring (bicyclic) bond motifs is 1. The van der Waals surface area contributed by atoms with Crippen LogP contribution in [0.4, 0.5) is 5.82 Å². The van der Waals surface area contributed by atoms with Gasteiger partial charge in [0, 0.05) is 51.5 Å². The third-order valence-electron chi connectivity index (χ3n) is 5.13. The summed E-state index contributed by atoms with van der Waals surface area (Å²) in [7, 11) is 0. The maximum Gasteiger partial charge on any atom is 0.163 e. The standard InChI is InChI=1S/C20H23N5O/c1-2-16-10-18-17(11-19(16)26)9-15(12-22-18)13-24-5-7-25(8-6-24)20-3-4-21-14-23-20/h3-4,9-10,12,14H,2,5-8,11,13H2,1H3. The van der Waals surface area contributed by atoms with E-state index < -0.39 is 0 Å². The van der Waals surface area contributed by atoms with Crippen LogP contribution >= 0.6 is 0 Å². The van der Waals surface area contributed by atoms with Crippen molar-refractivity contribution in [1.82, 2.24) is 19.9 Å². The summed E-state index contributed by atoms with van der Waals surface area (Å²) in [5.41, 5.74) is 4.09. The number of carbonyl (C=O) groups is 1. The van der Waals surface area contributed by atoms with Gasteiger partial charge in [-0.05, 0) is 35.3 Å². The number of Topliss-reactive ketones (excluding diaryl/α,β-unsaturated/α-hetero) is 1. The number of aromatic nitrogens is 3. The molecule has 0 radical (unpaired) electrons. The number of ketones is 1. The molecule has 0 atom stereocenters. The smallest absolute Gasteiger partial charge is 0.163 e. The summed E-state index contributed by atoms with van der Waals surface area (Å²) in [4.78, 5) is 29.8. The van der Waals surface area contributed by atoms with Crippen LogP contribution < -0.4 is 4.90 Å². The Balaban J connectivity index is 1.40. The van der Waals surface area contributed by atoms with E-state index in [-0.39, 0.29) is 5.78 Å². The zero-order chi connectivity index (χ0) is 17.9. The maximum absolute atomic E-state index is 12.1. The van der Waals surface area contributed by atoms with Gasteiger partial charge in [-0.3, -0.25) is 14.7 Å². The minimum Gasteiger partial charge on any atom is -0.354 e. The lowest BCUT2D eigenvalue weighted by Crippen LogP contribution is -2.46. The number of allylic oxidation sites excluding steroid dienone is 1. The lowest BCUT2D eigenvalue weighted by Gasteiger charge is -2.35. The van der Waals surface area contributed by atoms with E-state index in [1.165, 1.54) is 5.56 Å². The molecule has 6 nitrogen and oxygen atoms in total. The van der Waals surface area contributed by atoms with E-state index in [0.717, 1.165) is 61.8 Å². The van der Waals surface area contributed by atoms with Crippen LogP contribution in [0, 0.1) is 0 Å². The Bertz CT molecular complexity index is 825. The molecule has 2 aliphatic rings. The van der Waals surface area contributed by atoms with Crippen molar-refractivity contribution < 1.29 is 4.79 Å². The Morgan fingerprint density at radius 1 is 1.15 bits per heavy atom. The molecule has 2 aromatic rings. The maximum atomic E-state index is 12.1. The third-order valence-corrected chi connectivity index (χ3v) is 5.13. The van der Waals surface area contributed by atoms with Crippen LogP contribution in [0.25, 0.3) is 6.08 Å². The number of rotatable bonds is 4. The zero-order valence-electron chi connectivity index (χ0n) is 15.1. The number of pyridine rings is 1. The average molecular weight is 349 g/mol. The molecule has 0 unspecified atom stereocenters. The molecule has 0 bridgehead atoms. The van der Waals surface area contributed by atoms with E-state index in [0.29, 0.717) is 6.42 Å². The van der Waals surface area contributed by atoms with Crippen molar-refractivity contribution in [2.24, 2.45) is 0 Å². The van der Waals surface area contributed by atoms with Crippen LogP contribution in [0.5, 0.6) is 0 Å². The Kier molecular flexibility index (Phi) is 4.75. The SMILES string of the molecule is CCC1=Cc2ncc(CN3CCN(c4ccncn4)CC3)cc2CC1=O. The lowest BCUT2D eigenvalue weighted by atomic mass is 9.92. The van der Waals surface area contributed by atoms with E-state index in [4.69, 9.17) is 0 Å². The highest BCUT2D eigenvalue weighted by atomic mass is 16.1. The van der Waals surface area contributed by atoms with Crippen LogP contribution in [0.2, 0.25) is 0 Å². The number of carbonyl (C=O) groups excluding carboxylic acids is 1. The Morgan fingerprint density at radius 2 is 2.00 bits per heavy atom. The van der Waals surface area contributed by atoms with Crippen LogP contribution in [0.3, 0.4) is 0 Å². The van der Waals surface area contributed by atoms with Gasteiger partial charge in [-0.2, -0.15) is 0 Å². The lowest BCUT2D eigenvalue weighted by molar-refractivity contribution is -0.115. The van der Waals surface area contributed by atoms with Crippen LogP contribution in [-0.4, -0.2) is 51.8 Å². The summed E-state index contributed by atoms with van der Waals surface area (Å²) in [5, 5.41) is 0. The van der Waals surface area contributed by atoms with Crippen molar-refractivity contribution in [3.8, 4) is 0 Å². The molecule has 1 aliphatic heterocycles. The van der Waals surface area contributed by atoms with Crippen LogP contribution in [-0.2, 0) is 17.8 Å². The van der Waals surface area contributed by atoms with Crippen LogP contribution in [0.15, 0.2) is 36.4 Å². The topological polar surface area (TPSA) is 62.2 Å². The van der Waals surface area contributed by atoms with Gasteiger partial charge < -0.3 is 4.90 Å². The van der Waals surface area contributed by atoms with Gasteiger partial charge >= 0.3 is 0 Å². The number of hydrogen-bond acceptors (Lipinski definition) is 6. The number of anilines is 1. The molecular formula is C20H23N5O. The molecule has 0 N–H and O–H groups in total. The van der Waals surface area contributed by atoms with Gasteiger partial charge in [-0.15, -0.1) is 0 Å². The predicted molar refractivity (Wildman–Crippen MR) is 101 cm³/mol. The van der Waals surface area contributed by atoms with Crippen molar-refractivity contribution in [2.75, 3.05) is 31.1 Å². The predicted octanol–water partition coefficient (Wildman–Crippen LogP) is 2.11. The Labute approximate surface area is 153 Å². The minimum atomic E-state index is 0.234. The van der Waals surface area contributed by atoms with E-state index >= 15 is 0 Å². The second kappa shape index (κ2) is 7.33. The fourth-order valence-corrected chi connectivity index (χ4v) is 3.62. The van der Waals surface area contributed by atoms with Crippen molar-refractivity contribution in [3.63, 3.8) is 0 Å². The molecule has 0 amide bonds. The Morgan fingerprint density at radius 3 is 2.73 bits per heavy atom. The summed E-state index contributed by atoms with van der Waals surface area (Å²) < 4.78 is 0. The molecule has 26 heavy (non-hydrogen) atoms. The van der Waals surface area contributed by atoms with Gasteiger partial charge in [0.1, 0.15) is 12.1 Å². The summed E-state index contributed by atoms with van der Waals surface area (Å²) in [6.07, 6.45) is 8.55. The average Bonchev–Trinajstić information content (AvgIpc) is 2.69. The number of nitrogens with zero attached hydrogens (tertiary/aromatic N) is 5. The first-order chi connectivity index (χ1) is 12.7. The summed E-state index contributed by atoms with van der Waals surface area (Å²) >= 11 is 0. The summed E-state index contributed by atoms with van der Waals surface area (Å²) in [6.45, 7) is 6.77. The molecule has 1 aliphatic carbocycles. The summed E-state index contributed by atoms with van der Waals surface area (Å²) in [5.74, 6) is 1.23. The zero-order valence-corrected chi connectivity index (χ0v) is 15.1. The molecule has 4 rings (SSSR count). The molecule has 1 fully saturated rings. The quantitative estimate of drug-likeness (QED) is 0.842. The normalized spacial score (nSPS) is 17.8. The molecule has 0 spiro atoms. The molecule has 1 saturated heterocycles. The van der Waals surface area contributed by atoms with Gasteiger partial charge in [-0.1, -0.05) is 13.0 Å². The highest BCUT2D eigenvalue weighted by molar-refractivity contribution is 6.03. The molecule has 2 aromatic heterocycles. The molecule has 6 heteroatoms. The van der Waals surface area contributed by atoms with Crippen molar-refractivity contribution in [1.29, 1.82) is 0 Å². The largest absolute Gasteiger partial charge is 0.354 e. The second-order valence-corrected chi connectivity index (χ2v) is 6.84. The first-order valence-electron chi connectivity index (χ1n) is 9.18. The van der Waals surface area contributed by atoms with Crippen molar-refractivity contribution in [2.45, 2.75) is 26.3 Å². The van der Waals surface area contributed by atoms with Gasteiger partial charge in [0.05, 0.1) is 5.69 Å². The first-order valence-corrected chi connectivity index (χ1v) is 9.18. The van der Waals surface area contributed by atoms with E-state index in [1.807, 2.05) is 25.3 Å². The molecular weight excluding hydrogens is 326 g/mol. The minimum absolute atomic E-state index is 0.234. The highest BCUT2D eigenvalue weighted by Crippen LogP contribution is 2.23. The summed E-state index contributed by atoms with van der Waals surface area (Å²) in [6, 6.07) is 4.11. The molecule has 0 saturated carbocycles. The van der Waals surface area contributed by atoms with Gasteiger partial charge in [0.25, 0.3) is 0 Å². The van der Waals surface area contributed by atoms with E-state index in [9.17, 15) is 4.79 Å².